The molecule has 2 aromatic rings. The molecule has 1 N–H and O–H groups in total. The lowest BCUT2D eigenvalue weighted by Gasteiger charge is -2.22. The molecule has 1 aliphatic heterocycles. The highest BCUT2D eigenvalue weighted by atomic mass is 19.1. The standard InChI is InChI=1S/C19H19F2NO4/c1-2-15(12-3-5-17-18(9-12)25-8-7-24-17)22-19(23)11-26-16-6-4-13(20)10-14(16)21/h3-6,9-10,15H,2,7-8,11H2,1H3,(H,22,23)/t15-/m0/s1. The summed E-state index contributed by atoms with van der Waals surface area (Å²) in [5.74, 6) is -0.813. The quantitative estimate of drug-likeness (QED) is 0.855. The van der Waals surface area contributed by atoms with Gasteiger partial charge in [-0.25, -0.2) is 8.78 Å². The maximum Gasteiger partial charge on any atom is 0.258 e. The molecule has 1 heterocycles. The summed E-state index contributed by atoms with van der Waals surface area (Å²) >= 11 is 0. The molecule has 3 rings (SSSR count). The summed E-state index contributed by atoms with van der Waals surface area (Å²) in [5.41, 5.74) is 0.873. The number of ether oxygens (including phenoxy) is 3. The van der Waals surface area contributed by atoms with Gasteiger partial charge in [-0.3, -0.25) is 4.79 Å². The first-order chi connectivity index (χ1) is 12.6. The van der Waals surface area contributed by atoms with Crippen LogP contribution in [-0.4, -0.2) is 25.7 Å². The van der Waals surface area contributed by atoms with Gasteiger partial charge < -0.3 is 19.5 Å². The number of hydrogen-bond acceptors (Lipinski definition) is 4. The van der Waals surface area contributed by atoms with Crippen LogP contribution >= 0.6 is 0 Å². The fourth-order valence-electron chi connectivity index (χ4n) is 2.67. The average molecular weight is 363 g/mol. The van der Waals surface area contributed by atoms with Crippen LogP contribution in [-0.2, 0) is 4.79 Å². The third kappa shape index (κ3) is 4.22. The van der Waals surface area contributed by atoms with Gasteiger partial charge in [0.25, 0.3) is 5.91 Å². The monoisotopic (exact) mass is 363 g/mol. The number of rotatable bonds is 6. The Hall–Kier alpha value is -2.83. The van der Waals surface area contributed by atoms with Gasteiger partial charge in [-0.1, -0.05) is 13.0 Å². The Morgan fingerprint density at radius 3 is 2.65 bits per heavy atom. The molecule has 0 saturated heterocycles. The van der Waals surface area contributed by atoms with Crippen LogP contribution in [0.25, 0.3) is 0 Å². The lowest BCUT2D eigenvalue weighted by Crippen LogP contribution is -2.32. The summed E-state index contributed by atoms with van der Waals surface area (Å²) in [6.45, 7) is 2.56. The summed E-state index contributed by atoms with van der Waals surface area (Å²) in [4.78, 5) is 12.1. The number of hydrogen-bond donors (Lipinski definition) is 1. The van der Waals surface area contributed by atoms with Crippen LogP contribution in [0.2, 0.25) is 0 Å². The normalized spacial score (nSPS) is 13.8. The van der Waals surface area contributed by atoms with E-state index in [1.54, 1.807) is 0 Å². The van der Waals surface area contributed by atoms with Crippen LogP contribution in [0, 0.1) is 11.6 Å². The van der Waals surface area contributed by atoms with Gasteiger partial charge >= 0.3 is 0 Å². The maximum atomic E-state index is 13.5. The Bertz CT molecular complexity index is 797. The molecule has 0 aliphatic carbocycles. The number of benzene rings is 2. The highest BCUT2D eigenvalue weighted by Crippen LogP contribution is 2.33. The van der Waals surface area contributed by atoms with Crippen LogP contribution in [0.5, 0.6) is 17.2 Å². The van der Waals surface area contributed by atoms with E-state index in [1.807, 2.05) is 25.1 Å². The zero-order valence-corrected chi connectivity index (χ0v) is 14.3. The summed E-state index contributed by atoms with van der Waals surface area (Å²) < 4.78 is 42.6. The minimum Gasteiger partial charge on any atom is -0.486 e. The van der Waals surface area contributed by atoms with Gasteiger partial charge in [-0.2, -0.15) is 0 Å². The third-order valence-corrected chi connectivity index (χ3v) is 3.96. The van der Waals surface area contributed by atoms with Crippen molar-refractivity contribution in [2.75, 3.05) is 19.8 Å². The maximum absolute atomic E-state index is 13.5. The Morgan fingerprint density at radius 2 is 1.92 bits per heavy atom. The lowest BCUT2D eigenvalue weighted by molar-refractivity contribution is -0.123. The first-order valence-electron chi connectivity index (χ1n) is 8.33. The van der Waals surface area contributed by atoms with Crippen LogP contribution < -0.4 is 19.5 Å². The second kappa shape index (κ2) is 8.03. The minimum absolute atomic E-state index is 0.172. The Morgan fingerprint density at radius 1 is 1.15 bits per heavy atom. The number of fused-ring (bicyclic) bond motifs is 1. The second-order valence-electron chi connectivity index (χ2n) is 5.79. The molecular formula is C19H19F2NO4. The van der Waals surface area contributed by atoms with Crippen molar-refractivity contribution in [1.82, 2.24) is 5.32 Å². The summed E-state index contributed by atoms with van der Waals surface area (Å²) in [6, 6.07) is 8.18. The van der Waals surface area contributed by atoms with Crippen molar-refractivity contribution >= 4 is 5.91 Å². The smallest absolute Gasteiger partial charge is 0.258 e. The van der Waals surface area contributed by atoms with E-state index >= 15 is 0 Å². The van der Waals surface area contributed by atoms with Crippen molar-refractivity contribution in [3.05, 3.63) is 53.6 Å². The molecule has 7 heteroatoms. The zero-order valence-electron chi connectivity index (χ0n) is 14.3. The molecule has 0 radical (unpaired) electrons. The first kappa shape index (κ1) is 18.0. The highest BCUT2D eigenvalue weighted by Gasteiger charge is 2.18. The predicted molar refractivity (Wildman–Crippen MR) is 90.5 cm³/mol. The van der Waals surface area contributed by atoms with Crippen molar-refractivity contribution in [3.8, 4) is 17.2 Å². The number of halogens is 2. The van der Waals surface area contributed by atoms with E-state index < -0.39 is 17.5 Å². The molecular weight excluding hydrogens is 344 g/mol. The van der Waals surface area contributed by atoms with Crippen molar-refractivity contribution in [1.29, 1.82) is 0 Å². The van der Waals surface area contributed by atoms with Gasteiger partial charge in [0.1, 0.15) is 19.0 Å². The van der Waals surface area contributed by atoms with E-state index in [9.17, 15) is 13.6 Å². The third-order valence-electron chi connectivity index (χ3n) is 3.96. The van der Waals surface area contributed by atoms with Crippen LogP contribution in [0.3, 0.4) is 0 Å². The first-order valence-corrected chi connectivity index (χ1v) is 8.33. The fourth-order valence-corrected chi connectivity index (χ4v) is 2.67. The molecule has 0 saturated carbocycles. The van der Waals surface area contributed by atoms with Crippen LogP contribution in [0.1, 0.15) is 24.9 Å². The Labute approximate surface area is 149 Å². The molecule has 5 nitrogen and oxygen atoms in total. The Balaban J connectivity index is 1.61. The molecule has 1 amide bonds. The minimum atomic E-state index is -0.850. The highest BCUT2D eigenvalue weighted by molar-refractivity contribution is 5.78. The van der Waals surface area contributed by atoms with Crippen LogP contribution in [0.15, 0.2) is 36.4 Å². The number of carbonyl (C=O) groups is 1. The van der Waals surface area contributed by atoms with Gasteiger partial charge in [0.2, 0.25) is 0 Å². The van der Waals surface area contributed by atoms with Gasteiger partial charge in [-0.05, 0) is 36.2 Å². The zero-order chi connectivity index (χ0) is 18.5. The largest absolute Gasteiger partial charge is 0.486 e. The van der Waals surface area contributed by atoms with E-state index in [4.69, 9.17) is 14.2 Å². The second-order valence-corrected chi connectivity index (χ2v) is 5.79. The van der Waals surface area contributed by atoms with E-state index in [0.29, 0.717) is 37.2 Å². The molecule has 0 spiro atoms. The fraction of sp³-hybridized carbons (Fsp3) is 0.316. The topological polar surface area (TPSA) is 56.8 Å². The van der Waals surface area contributed by atoms with E-state index in [0.717, 1.165) is 17.7 Å². The number of nitrogens with one attached hydrogen (secondary N) is 1. The Kier molecular flexibility index (Phi) is 5.55. The van der Waals surface area contributed by atoms with Gasteiger partial charge in [0, 0.05) is 6.07 Å². The van der Waals surface area contributed by atoms with Gasteiger partial charge in [0.05, 0.1) is 6.04 Å². The van der Waals surface area contributed by atoms with Gasteiger partial charge in [0.15, 0.2) is 29.7 Å². The van der Waals surface area contributed by atoms with Crippen molar-refractivity contribution in [3.63, 3.8) is 0 Å². The number of carbonyl (C=O) groups excluding carboxylic acids is 1. The molecule has 2 aromatic carbocycles. The van der Waals surface area contributed by atoms with E-state index in [-0.39, 0.29) is 18.4 Å². The SMILES string of the molecule is CC[C@H](NC(=O)COc1ccc(F)cc1F)c1ccc2c(c1)OCCO2. The van der Waals surface area contributed by atoms with Crippen LogP contribution in [0.4, 0.5) is 8.78 Å². The van der Waals surface area contributed by atoms with E-state index in [1.165, 1.54) is 0 Å². The van der Waals surface area contributed by atoms with Crippen molar-refractivity contribution < 1.29 is 27.8 Å². The molecule has 0 fully saturated rings. The van der Waals surface area contributed by atoms with E-state index in [2.05, 4.69) is 5.32 Å². The van der Waals surface area contributed by atoms with Crippen molar-refractivity contribution in [2.45, 2.75) is 19.4 Å². The van der Waals surface area contributed by atoms with Crippen molar-refractivity contribution in [2.24, 2.45) is 0 Å². The molecule has 138 valence electrons. The molecule has 1 aliphatic rings. The molecule has 26 heavy (non-hydrogen) atoms. The molecule has 1 atom stereocenters. The van der Waals surface area contributed by atoms with Gasteiger partial charge in [-0.15, -0.1) is 0 Å². The lowest BCUT2D eigenvalue weighted by atomic mass is 10.0. The summed E-state index contributed by atoms with van der Waals surface area (Å²) in [5, 5.41) is 2.83. The molecule has 0 aromatic heterocycles. The number of amides is 1. The molecule has 0 bridgehead atoms. The summed E-state index contributed by atoms with van der Waals surface area (Å²) in [6.07, 6.45) is 0.649. The summed E-state index contributed by atoms with van der Waals surface area (Å²) in [7, 11) is 0. The average Bonchev–Trinajstić information content (AvgIpc) is 2.65. The molecule has 0 unspecified atom stereocenters. The predicted octanol–water partition coefficient (Wildman–Crippen LogP) is 3.38.